The standard InChI is InChI=1S/C14H11BrF2O2/c1-8(18)11-6-9(16)2-5-14(11)19-10-3-4-13(17)12(15)7-10/h2-8,18H,1H3/t8-/m0/s1. The molecule has 0 saturated carbocycles. The highest BCUT2D eigenvalue weighted by Gasteiger charge is 2.12. The molecule has 2 rings (SSSR count). The first kappa shape index (κ1) is 14.0. The highest BCUT2D eigenvalue weighted by molar-refractivity contribution is 9.10. The Morgan fingerprint density at radius 3 is 2.53 bits per heavy atom. The van der Waals surface area contributed by atoms with Crippen molar-refractivity contribution >= 4 is 15.9 Å². The number of aliphatic hydroxyl groups excluding tert-OH is 1. The van der Waals surface area contributed by atoms with Gasteiger partial charge in [-0.05, 0) is 59.3 Å². The molecule has 0 aliphatic rings. The zero-order chi connectivity index (χ0) is 14.0. The summed E-state index contributed by atoms with van der Waals surface area (Å²) >= 11 is 3.05. The number of benzene rings is 2. The fourth-order valence-corrected chi connectivity index (χ4v) is 1.96. The molecule has 5 heteroatoms. The summed E-state index contributed by atoms with van der Waals surface area (Å²) in [6.07, 6.45) is -0.866. The molecule has 1 atom stereocenters. The molecule has 0 amide bonds. The summed E-state index contributed by atoms with van der Waals surface area (Å²) in [5.41, 5.74) is 0.334. The number of ether oxygens (including phenoxy) is 1. The smallest absolute Gasteiger partial charge is 0.137 e. The van der Waals surface area contributed by atoms with Crippen LogP contribution in [0.2, 0.25) is 0 Å². The van der Waals surface area contributed by atoms with Crippen LogP contribution in [0.3, 0.4) is 0 Å². The SMILES string of the molecule is C[C@H](O)c1cc(F)ccc1Oc1ccc(F)c(Br)c1. The molecule has 0 unspecified atom stereocenters. The van der Waals surface area contributed by atoms with Crippen molar-refractivity contribution in [3.8, 4) is 11.5 Å². The molecule has 0 aliphatic heterocycles. The molecule has 2 aromatic rings. The van der Waals surface area contributed by atoms with Gasteiger partial charge in [0.25, 0.3) is 0 Å². The molecule has 2 nitrogen and oxygen atoms in total. The quantitative estimate of drug-likeness (QED) is 0.894. The van der Waals surface area contributed by atoms with Crippen LogP contribution in [0.1, 0.15) is 18.6 Å². The maximum atomic E-state index is 13.1. The molecule has 0 fully saturated rings. The zero-order valence-electron chi connectivity index (χ0n) is 10.0. The Labute approximate surface area is 117 Å². The van der Waals surface area contributed by atoms with Gasteiger partial charge in [0.1, 0.15) is 23.1 Å². The molecule has 100 valence electrons. The summed E-state index contributed by atoms with van der Waals surface area (Å²) < 4.78 is 32.1. The van der Waals surface area contributed by atoms with Crippen molar-refractivity contribution in [2.45, 2.75) is 13.0 Å². The molecule has 0 heterocycles. The third kappa shape index (κ3) is 3.30. The Bertz CT molecular complexity index is 600. The van der Waals surface area contributed by atoms with Gasteiger partial charge >= 0.3 is 0 Å². The number of hydrogen-bond donors (Lipinski definition) is 1. The van der Waals surface area contributed by atoms with Gasteiger partial charge in [-0.25, -0.2) is 8.78 Å². The lowest BCUT2D eigenvalue weighted by atomic mass is 10.1. The minimum absolute atomic E-state index is 0.269. The van der Waals surface area contributed by atoms with Crippen molar-refractivity contribution in [3.05, 3.63) is 58.1 Å². The molecule has 2 aromatic carbocycles. The first-order valence-electron chi connectivity index (χ1n) is 5.58. The Balaban J connectivity index is 2.35. The molecule has 0 spiro atoms. The zero-order valence-corrected chi connectivity index (χ0v) is 11.6. The predicted molar refractivity (Wildman–Crippen MR) is 71.2 cm³/mol. The first-order chi connectivity index (χ1) is 8.97. The summed E-state index contributed by atoms with van der Waals surface area (Å²) in [6.45, 7) is 1.52. The van der Waals surface area contributed by atoms with E-state index in [1.54, 1.807) is 0 Å². The lowest BCUT2D eigenvalue weighted by molar-refractivity contribution is 0.195. The lowest BCUT2D eigenvalue weighted by Crippen LogP contribution is -1.97. The van der Waals surface area contributed by atoms with Gasteiger partial charge < -0.3 is 9.84 Å². The average Bonchev–Trinajstić information content (AvgIpc) is 2.36. The van der Waals surface area contributed by atoms with Crippen LogP contribution in [-0.4, -0.2) is 5.11 Å². The molecule has 0 aromatic heterocycles. The normalized spacial score (nSPS) is 12.3. The van der Waals surface area contributed by atoms with Crippen molar-refractivity contribution in [2.24, 2.45) is 0 Å². The molecule has 0 aliphatic carbocycles. The van der Waals surface area contributed by atoms with Crippen LogP contribution in [0.5, 0.6) is 11.5 Å². The third-order valence-electron chi connectivity index (χ3n) is 2.54. The van der Waals surface area contributed by atoms with Crippen molar-refractivity contribution in [1.82, 2.24) is 0 Å². The van der Waals surface area contributed by atoms with Gasteiger partial charge in [0.15, 0.2) is 0 Å². The summed E-state index contributed by atoms with van der Waals surface area (Å²) in [5.74, 6) is -0.137. The van der Waals surface area contributed by atoms with Crippen LogP contribution in [0.25, 0.3) is 0 Å². The molecule has 0 saturated heterocycles. The van der Waals surface area contributed by atoms with Gasteiger partial charge in [0, 0.05) is 5.56 Å². The van der Waals surface area contributed by atoms with Gasteiger partial charge in [-0.1, -0.05) is 0 Å². The average molecular weight is 329 g/mol. The lowest BCUT2D eigenvalue weighted by Gasteiger charge is -2.13. The Kier molecular flexibility index (Phi) is 4.17. The van der Waals surface area contributed by atoms with Crippen molar-refractivity contribution in [2.75, 3.05) is 0 Å². The fourth-order valence-electron chi connectivity index (χ4n) is 1.61. The van der Waals surface area contributed by atoms with Crippen LogP contribution < -0.4 is 4.74 Å². The number of hydrogen-bond acceptors (Lipinski definition) is 2. The van der Waals surface area contributed by atoms with Gasteiger partial charge in [0.05, 0.1) is 10.6 Å². The maximum Gasteiger partial charge on any atom is 0.137 e. The molecule has 0 bridgehead atoms. The fraction of sp³-hybridized carbons (Fsp3) is 0.143. The molecule has 19 heavy (non-hydrogen) atoms. The van der Waals surface area contributed by atoms with Crippen molar-refractivity contribution in [1.29, 1.82) is 0 Å². The second-order valence-corrected chi connectivity index (χ2v) is 4.89. The summed E-state index contributed by atoms with van der Waals surface area (Å²) in [6, 6.07) is 8.04. The van der Waals surface area contributed by atoms with E-state index in [0.717, 1.165) is 0 Å². The highest BCUT2D eigenvalue weighted by Crippen LogP contribution is 2.32. The van der Waals surface area contributed by atoms with E-state index in [2.05, 4.69) is 15.9 Å². The van der Waals surface area contributed by atoms with Gasteiger partial charge in [-0.15, -0.1) is 0 Å². The first-order valence-corrected chi connectivity index (χ1v) is 6.37. The van der Waals surface area contributed by atoms with E-state index in [1.807, 2.05) is 0 Å². The summed E-state index contributed by atoms with van der Waals surface area (Å²) in [7, 11) is 0. The Morgan fingerprint density at radius 1 is 1.16 bits per heavy atom. The number of aliphatic hydroxyl groups is 1. The second-order valence-electron chi connectivity index (χ2n) is 4.04. The van der Waals surface area contributed by atoms with Crippen LogP contribution in [0, 0.1) is 11.6 Å². The van der Waals surface area contributed by atoms with E-state index in [9.17, 15) is 13.9 Å². The summed E-state index contributed by atoms with van der Waals surface area (Å²) in [4.78, 5) is 0. The number of halogens is 3. The second kappa shape index (κ2) is 5.67. The molecular formula is C14H11BrF2O2. The van der Waals surface area contributed by atoms with Gasteiger partial charge in [0.2, 0.25) is 0 Å². The summed E-state index contributed by atoms with van der Waals surface area (Å²) in [5, 5.41) is 9.59. The van der Waals surface area contributed by atoms with E-state index in [0.29, 0.717) is 17.1 Å². The Morgan fingerprint density at radius 2 is 1.89 bits per heavy atom. The van der Waals surface area contributed by atoms with E-state index >= 15 is 0 Å². The molecular weight excluding hydrogens is 318 g/mol. The monoisotopic (exact) mass is 328 g/mol. The van der Waals surface area contributed by atoms with E-state index in [4.69, 9.17) is 4.74 Å². The largest absolute Gasteiger partial charge is 0.457 e. The maximum absolute atomic E-state index is 13.1. The van der Waals surface area contributed by atoms with E-state index in [-0.39, 0.29) is 4.47 Å². The van der Waals surface area contributed by atoms with Gasteiger partial charge in [-0.3, -0.25) is 0 Å². The van der Waals surface area contributed by atoms with Gasteiger partial charge in [-0.2, -0.15) is 0 Å². The highest BCUT2D eigenvalue weighted by atomic mass is 79.9. The molecule has 0 radical (unpaired) electrons. The van der Waals surface area contributed by atoms with Crippen LogP contribution >= 0.6 is 15.9 Å². The van der Waals surface area contributed by atoms with Crippen molar-refractivity contribution < 1.29 is 18.6 Å². The minimum Gasteiger partial charge on any atom is -0.457 e. The van der Waals surface area contributed by atoms with Crippen LogP contribution in [0.15, 0.2) is 40.9 Å². The predicted octanol–water partition coefficient (Wildman–Crippen LogP) is 4.57. The van der Waals surface area contributed by atoms with Crippen LogP contribution in [0.4, 0.5) is 8.78 Å². The number of rotatable bonds is 3. The minimum atomic E-state index is -0.866. The topological polar surface area (TPSA) is 29.5 Å². The third-order valence-corrected chi connectivity index (χ3v) is 3.15. The Hall–Kier alpha value is -1.46. The van der Waals surface area contributed by atoms with Crippen LogP contribution in [-0.2, 0) is 0 Å². The van der Waals surface area contributed by atoms with E-state index in [1.165, 1.54) is 43.3 Å². The van der Waals surface area contributed by atoms with E-state index < -0.39 is 17.7 Å². The van der Waals surface area contributed by atoms with Crippen molar-refractivity contribution in [3.63, 3.8) is 0 Å². The molecule has 1 N–H and O–H groups in total.